The van der Waals surface area contributed by atoms with Gasteiger partial charge in [-0.15, -0.1) is 0 Å². The highest BCUT2D eigenvalue weighted by Gasteiger charge is 2.30. The number of aromatic nitrogens is 2. The molecule has 1 heterocycles. The number of carbonyl (C=O) groups is 1. The minimum absolute atomic E-state index is 0.0916. The first-order valence-electron chi connectivity index (χ1n) is 7.57. The first-order chi connectivity index (χ1) is 11.3. The van der Waals surface area contributed by atoms with Gasteiger partial charge in [0.15, 0.2) is 5.69 Å². The number of amides is 1. The molecule has 1 aromatic heterocycles. The summed E-state index contributed by atoms with van der Waals surface area (Å²) in [5, 5.41) is 6.24. The van der Waals surface area contributed by atoms with Crippen LogP contribution in [0.25, 0.3) is 5.69 Å². The van der Waals surface area contributed by atoms with E-state index in [4.69, 9.17) is 0 Å². The SMILES string of the molecule is O=C(NCC(F)(F)F)c1nn(-c2cccc(Br)c2)c2c1CCCC2. The molecule has 0 bridgehead atoms. The molecular formula is C16H15BrF3N3O. The van der Waals surface area contributed by atoms with Gasteiger partial charge in [-0.05, 0) is 43.9 Å². The minimum Gasteiger partial charge on any atom is -0.342 e. The van der Waals surface area contributed by atoms with Crippen molar-refractivity contribution >= 4 is 21.8 Å². The largest absolute Gasteiger partial charge is 0.405 e. The van der Waals surface area contributed by atoms with E-state index in [0.29, 0.717) is 6.42 Å². The summed E-state index contributed by atoms with van der Waals surface area (Å²) in [5.41, 5.74) is 2.52. The quantitative estimate of drug-likeness (QED) is 0.849. The number of nitrogens with zero attached hydrogens (tertiary/aromatic N) is 2. The first-order valence-corrected chi connectivity index (χ1v) is 8.36. The molecule has 1 aliphatic rings. The van der Waals surface area contributed by atoms with E-state index in [9.17, 15) is 18.0 Å². The number of rotatable bonds is 3. The van der Waals surface area contributed by atoms with Gasteiger partial charge in [0.1, 0.15) is 6.54 Å². The Kier molecular flexibility index (Phi) is 4.67. The molecule has 3 rings (SSSR count). The van der Waals surface area contributed by atoms with Crippen molar-refractivity contribution in [3.8, 4) is 5.69 Å². The average molecular weight is 402 g/mol. The van der Waals surface area contributed by atoms with Crippen LogP contribution in [0.3, 0.4) is 0 Å². The lowest BCUT2D eigenvalue weighted by molar-refractivity contribution is -0.123. The van der Waals surface area contributed by atoms with Gasteiger partial charge in [-0.1, -0.05) is 22.0 Å². The molecule has 24 heavy (non-hydrogen) atoms. The molecule has 128 valence electrons. The van der Waals surface area contributed by atoms with Crippen molar-refractivity contribution in [2.75, 3.05) is 6.54 Å². The van der Waals surface area contributed by atoms with Gasteiger partial charge in [-0.25, -0.2) is 4.68 Å². The van der Waals surface area contributed by atoms with E-state index in [1.54, 1.807) is 4.68 Å². The van der Waals surface area contributed by atoms with Crippen molar-refractivity contribution in [3.63, 3.8) is 0 Å². The number of benzene rings is 1. The van der Waals surface area contributed by atoms with Gasteiger partial charge < -0.3 is 5.32 Å². The van der Waals surface area contributed by atoms with Crippen molar-refractivity contribution in [1.82, 2.24) is 15.1 Å². The van der Waals surface area contributed by atoms with Crippen LogP contribution in [0.2, 0.25) is 0 Å². The van der Waals surface area contributed by atoms with Crippen LogP contribution < -0.4 is 5.32 Å². The number of hydrogen-bond donors (Lipinski definition) is 1. The molecule has 0 spiro atoms. The molecule has 1 N–H and O–H groups in total. The Balaban J connectivity index is 1.97. The van der Waals surface area contributed by atoms with Gasteiger partial charge in [0, 0.05) is 15.7 Å². The number of alkyl halides is 3. The second kappa shape index (κ2) is 6.58. The molecule has 1 amide bonds. The molecule has 0 saturated carbocycles. The summed E-state index contributed by atoms with van der Waals surface area (Å²) in [7, 11) is 0. The topological polar surface area (TPSA) is 46.9 Å². The second-order valence-corrected chi connectivity index (χ2v) is 6.59. The summed E-state index contributed by atoms with van der Waals surface area (Å²) in [6.45, 7) is -1.36. The molecule has 1 aliphatic carbocycles. The molecule has 8 heteroatoms. The number of fused-ring (bicyclic) bond motifs is 1. The molecule has 0 saturated heterocycles. The van der Waals surface area contributed by atoms with E-state index in [2.05, 4.69) is 21.0 Å². The zero-order valence-corrected chi connectivity index (χ0v) is 14.2. The van der Waals surface area contributed by atoms with Crippen LogP contribution in [0.15, 0.2) is 28.7 Å². The minimum atomic E-state index is -4.44. The number of nitrogens with one attached hydrogen (secondary N) is 1. The Labute approximate surface area is 145 Å². The third kappa shape index (κ3) is 3.63. The zero-order chi connectivity index (χ0) is 17.3. The summed E-state index contributed by atoms with van der Waals surface area (Å²) < 4.78 is 39.6. The van der Waals surface area contributed by atoms with Crippen LogP contribution in [0.1, 0.15) is 34.6 Å². The molecular weight excluding hydrogens is 387 g/mol. The van der Waals surface area contributed by atoms with Crippen molar-refractivity contribution in [2.24, 2.45) is 0 Å². The Hall–Kier alpha value is -1.83. The lowest BCUT2D eigenvalue weighted by Gasteiger charge is -2.14. The number of carbonyl (C=O) groups excluding carboxylic acids is 1. The standard InChI is InChI=1S/C16H15BrF3N3O/c17-10-4-3-5-11(8-10)23-13-7-2-1-6-12(13)14(22-23)15(24)21-9-16(18,19)20/h3-5,8H,1-2,6-7,9H2,(H,21,24). The average Bonchev–Trinajstić information content (AvgIpc) is 2.92. The number of halogens is 4. The fourth-order valence-corrected chi connectivity index (χ4v) is 3.25. The van der Waals surface area contributed by atoms with E-state index in [1.807, 2.05) is 29.6 Å². The van der Waals surface area contributed by atoms with Crippen LogP contribution in [-0.2, 0) is 12.8 Å². The van der Waals surface area contributed by atoms with Gasteiger partial charge >= 0.3 is 6.18 Å². The van der Waals surface area contributed by atoms with Crippen LogP contribution in [0, 0.1) is 0 Å². The summed E-state index contributed by atoms with van der Waals surface area (Å²) in [6, 6.07) is 7.43. The highest BCUT2D eigenvalue weighted by atomic mass is 79.9. The summed E-state index contributed by atoms with van der Waals surface area (Å²) in [4.78, 5) is 12.2. The Morgan fingerprint density at radius 3 is 2.75 bits per heavy atom. The van der Waals surface area contributed by atoms with E-state index in [0.717, 1.165) is 40.7 Å². The van der Waals surface area contributed by atoms with Crippen LogP contribution in [0.5, 0.6) is 0 Å². The lowest BCUT2D eigenvalue weighted by atomic mass is 9.95. The zero-order valence-electron chi connectivity index (χ0n) is 12.7. The lowest BCUT2D eigenvalue weighted by Crippen LogP contribution is -2.34. The molecule has 0 fully saturated rings. The maximum absolute atomic E-state index is 12.3. The highest BCUT2D eigenvalue weighted by Crippen LogP contribution is 2.28. The fourth-order valence-electron chi connectivity index (χ4n) is 2.87. The maximum atomic E-state index is 12.3. The van der Waals surface area contributed by atoms with E-state index < -0.39 is 18.6 Å². The normalized spacial score (nSPS) is 14.3. The van der Waals surface area contributed by atoms with Crippen molar-refractivity contribution in [3.05, 3.63) is 45.7 Å². The molecule has 1 aromatic carbocycles. The van der Waals surface area contributed by atoms with Gasteiger partial charge in [0.2, 0.25) is 0 Å². The second-order valence-electron chi connectivity index (χ2n) is 5.67. The maximum Gasteiger partial charge on any atom is 0.405 e. The molecule has 0 radical (unpaired) electrons. The Morgan fingerprint density at radius 2 is 2.04 bits per heavy atom. The Bertz CT molecular complexity index is 770. The predicted molar refractivity (Wildman–Crippen MR) is 86.3 cm³/mol. The van der Waals surface area contributed by atoms with Gasteiger partial charge in [0.05, 0.1) is 5.69 Å². The predicted octanol–water partition coefficient (Wildman–Crippen LogP) is 3.81. The van der Waals surface area contributed by atoms with Crippen LogP contribution in [-0.4, -0.2) is 28.4 Å². The van der Waals surface area contributed by atoms with Crippen molar-refractivity contribution in [2.45, 2.75) is 31.9 Å². The van der Waals surface area contributed by atoms with Crippen molar-refractivity contribution < 1.29 is 18.0 Å². The monoisotopic (exact) mass is 401 g/mol. The van der Waals surface area contributed by atoms with E-state index in [1.165, 1.54) is 0 Å². The summed E-state index contributed by atoms with van der Waals surface area (Å²) in [6.07, 6.45) is -1.17. The highest BCUT2D eigenvalue weighted by molar-refractivity contribution is 9.10. The third-order valence-electron chi connectivity index (χ3n) is 3.90. The third-order valence-corrected chi connectivity index (χ3v) is 4.39. The molecule has 2 aromatic rings. The first kappa shape index (κ1) is 17.0. The van der Waals surface area contributed by atoms with Gasteiger partial charge in [-0.2, -0.15) is 18.3 Å². The molecule has 4 nitrogen and oxygen atoms in total. The molecule has 0 unspecified atom stereocenters. The Morgan fingerprint density at radius 1 is 1.29 bits per heavy atom. The number of hydrogen-bond acceptors (Lipinski definition) is 2. The molecule has 0 atom stereocenters. The van der Waals surface area contributed by atoms with Gasteiger partial charge in [-0.3, -0.25) is 4.79 Å². The van der Waals surface area contributed by atoms with E-state index in [-0.39, 0.29) is 5.69 Å². The molecule has 0 aliphatic heterocycles. The smallest absolute Gasteiger partial charge is 0.342 e. The summed E-state index contributed by atoms with van der Waals surface area (Å²) in [5.74, 6) is -0.778. The van der Waals surface area contributed by atoms with Crippen LogP contribution in [0.4, 0.5) is 13.2 Å². The fraction of sp³-hybridized carbons (Fsp3) is 0.375. The van der Waals surface area contributed by atoms with E-state index >= 15 is 0 Å². The van der Waals surface area contributed by atoms with Crippen LogP contribution >= 0.6 is 15.9 Å². The van der Waals surface area contributed by atoms with Gasteiger partial charge in [0.25, 0.3) is 5.91 Å². The van der Waals surface area contributed by atoms with Crippen molar-refractivity contribution in [1.29, 1.82) is 0 Å². The summed E-state index contributed by atoms with van der Waals surface area (Å²) >= 11 is 3.39.